The largest absolute Gasteiger partial charge is 0.468 e. The first-order valence-electron chi connectivity index (χ1n) is 9.68. The highest BCUT2D eigenvalue weighted by Crippen LogP contribution is 2.25. The number of furan rings is 1. The fraction of sp³-hybridized carbons (Fsp3) is 0.417. The third-order valence-electron chi connectivity index (χ3n) is 4.35. The van der Waals surface area contributed by atoms with Gasteiger partial charge in [-0.15, -0.1) is 0 Å². The molecule has 0 aliphatic heterocycles. The molecule has 2 aromatic rings. The van der Waals surface area contributed by atoms with Gasteiger partial charge >= 0.3 is 0 Å². The lowest BCUT2D eigenvalue weighted by molar-refractivity contribution is 0.173. The van der Waals surface area contributed by atoms with Crippen LogP contribution < -0.4 is 0 Å². The lowest BCUT2D eigenvalue weighted by atomic mass is 9.86. The van der Waals surface area contributed by atoms with E-state index in [-0.39, 0.29) is 5.41 Å². The fourth-order valence-electron chi connectivity index (χ4n) is 2.46. The van der Waals surface area contributed by atoms with Gasteiger partial charge in [0.05, 0.1) is 32.6 Å². The third-order valence-corrected chi connectivity index (χ3v) is 5.05. The molecule has 0 saturated heterocycles. The van der Waals surface area contributed by atoms with Gasteiger partial charge in [-0.2, -0.15) is 11.3 Å². The molecule has 2 rings (SSSR count). The molecule has 0 aromatic carbocycles. The first-order valence-corrected chi connectivity index (χ1v) is 10.6. The molecule has 3 nitrogen and oxygen atoms in total. The quantitative estimate of drug-likeness (QED) is 0.391. The topological polar surface area (TPSA) is 25.6 Å². The third kappa shape index (κ3) is 8.31. The number of nitrogens with zero attached hydrogens (tertiary/aromatic N) is 1. The van der Waals surface area contributed by atoms with Crippen LogP contribution in [0.2, 0.25) is 0 Å². The summed E-state index contributed by atoms with van der Waals surface area (Å²) < 4.78 is 11.3. The second kappa shape index (κ2) is 11.7. The highest BCUT2D eigenvalue weighted by Gasteiger charge is 2.16. The molecule has 0 atom stereocenters. The van der Waals surface area contributed by atoms with Crippen molar-refractivity contribution in [1.29, 1.82) is 0 Å². The van der Waals surface area contributed by atoms with E-state index in [1.54, 1.807) is 17.6 Å². The molecule has 0 aliphatic carbocycles. The Morgan fingerprint density at radius 3 is 2.82 bits per heavy atom. The maximum Gasteiger partial charge on any atom is 0.117 e. The van der Waals surface area contributed by atoms with Crippen molar-refractivity contribution in [3.8, 4) is 11.8 Å². The minimum atomic E-state index is 0.0321. The summed E-state index contributed by atoms with van der Waals surface area (Å²) in [7, 11) is 0. The predicted octanol–water partition coefficient (Wildman–Crippen LogP) is 5.87. The maximum atomic E-state index is 5.85. The van der Waals surface area contributed by atoms with Gasteiger partial charge in [0, 0.05) is 0 Å². The molecule has 0 saturated carbocycles. The van der Waals surface area contributed by atoms with Crippen LogP contribution in [0, 0.1) is 17.3 Å². The lowest BCUT2D eigenvalue weighted by Gasteiger charge is -2.22. The Hall–Kier alpha value is -2.06. The Bertz CT molecular complexity index is 784. The fourth-order valence-corrected chi connectivity index (χ4v) is 3.09. The van der Waals surface area contributed by atoms with Crippen molar-refractivity contribution >= 4 is 17.4 Å². The zero-order valence-corrected chi connectivity index (χ0v) is 18.2. The van der Waals surface area contributed by atoms with Crippen LogP contribution in [0.25, 0.3) is 6.08 Å². The van der Waals surface area contributed by atoms with E-state index in [2.05, 4.69) is 73.4 Å². The second-order valence-corrected chi connectivity index (χ2v) is 8.38. The zero-order chi connectivity index (χ0) is 20.2. The first-order chi connectivity index (χ1) is 13.5. The summed E-state index contributed by atoms with van der Waals surface area (Å²) in [6.45, 7) is 12.4. The van der Waals surface area contributed by atoms with Gasteiger partial charge in [0.1, 0.15) is 5.76 Å². The van der Waals surface area contributed by atoms with Crippen LogP contribution in [0.3, 0.4) is 0 Å². The molecule has 0 spiro atoms. The lowest BCUT2D eigenvalue weighted by Crippen LogP contribution is -2.22. The van der Waals surface area contributed by atoms with Gasteiger partial charge in [0.25, 0.3) is 0 Å². The zero-order valence-electron chi connectivity index (χ0n) is 17.4. The van der Waals surface area contributed by atoms with Crippen molar-refractivity contribution in [2.75, 3.05) is 26.3 Å². The highest BCUT2D eigenvalue weighted by molar-refractivity contribution is 7.08. The highest BCUT2D eigenvalue weighted by atomic mass is 32.1. The van der Waals surface area contributed by atoms with Crippen LogP contribution in [-0.2, 0) is 11.3 Å². The van der Waals surface area contributed by atoms with E-state index in [1.807, 2.05) is 18.2 Å². The molecule has 0 aliphatic rings. The van der Waals surface area contributed by atoms with Crippen molar-refractivity contribution in [3.05, 3.63) is 64.3 Å². The van der Waals surface area contributed by atoms with Gasteiger partial charge in [-0.05, 0) is 58.1 Å². The average Bonchev–Trinajstić information content (AvgIpc) is 3.34. The minimum absolute atomic E-state index is 0.0321. The molecule has 0 amide bonds. The second-order valence-electron chi connectivity index (χ2n) is 7.60. The summed E-state index contributed by atoms with van der Waals surface area (Å²) in [5.41, 5.74) is 2.46. The Morgan fingerprint density at radius 2 is 2.18 bits per heavy atom. The van der Waals surface area contributed by atoms with Crippen molar-refractivity contribution in [1.82, 2.24) is 4.90 Å². The van der Waals surface area contributed by atoms with Crippen LogP contribution in [-0.4, -0.2) is 31.2 Å². The summed E-state index contributed by atoms with van der Waals surface area (Å²) in [6, 6.07) is 6.02. The van der Waals surface area contributed by atoms with Gasteiger partial charge < -0.3 is 9.15 Å². The standard InChI is InChI=1S/C24H31NO2S/c1-5-25(18-23-12-9-16-27-23)14-7-6-11-22(24(2,3)4)19-26-15-8-10-21-13-17-28-20-21/h8-13,16-17,20H,5,14-15,18-19H2,1-4H3/b10-8+,22-11-. The van der Waals surface area contributed by atoms with Gasteiger partial charge in [-0.3, -0.25) is 4.90 Å². The van der Waals surface area contributed by atoms with Crippen LogP contribution in [0.15, 0.2) is 57.4 Å². The summed E-state index contributed by atoms with van der Waals surface area (Å²) in [5.74, 6) is 7.45. The van der Waals surface area contributed by atoms with E-state index in [1.165, 1.54) is 11.1 Å². The van der Waals surface area contributed by atoms with Gasteiger partial charge in [0.15, 0.2) is 0 Å². The Labute approximate surface area is 173 Å². The monoisotopic (exact) mass is 397 g/mol. The number of ether oxygens (including phenoxy) is 1. The molecular weight excluding hydrogens is 366 g/mol. The molecule has 0 radical (unpaired) electrons. The smallest absolute Gasteiger partial charge is 0.117 e. The Morgan fingerprint density at radius 1 is 1.32 bits per heavy atom. The number of thiophene rings is 1. The number of allylic oxidation sites excluding steroid dienone is 1. The van der Waals surface area contributed by atoms with E-state index >= 15 is 0 Å². The number of hydrogen-bond acceptors (Lipinski definition) is 4. The van der Waals surface area contributed by atoms with Gasteiger partial charge in [-0.25, -0.2) is 0 Å². The van der Waals surface area contributed by atoms with Crippen molar-refractivity contribution in [2.45, 2.75) is 34.2 Å². The first kappa shape index (κ1) is 22.2. The van der Waals surface area contributed by atoms with Crippen LogP contribution >= 0.6 is 11.3 Å². The SMILES string of the molecule is CCN(CC#C/C=C(/COC/C=C/c1ccsc1)C(C)(C)C)Cc1ccco1. The summed E-state index contributed by atoms with van der Waals surface area (Å²) in [6.07, 6.45) is 7.88. The molecule has 4 heteroatoms. The van der Waals surface area contributed by atoms with Gasteiger partial charge in [-0.1, -0.05) is 51.7 Å². The van der Waals surface area contributed by atoms with E-state index in [0.717, 1.165) is 25.4 Å². The predicted molar refractivity (Wildman–Crippen MR) is 119 cm³/mol. The van der Waals surface area contributed by atoms with Crippen molar-refractivity contribution in [2.24, 2.45) is 5.41 Å². The van der Waals surface area contributed by atoms with Crippen LogP contribution in [0.4, 0.5) is 0 Å². The molecule has 2 heterocycles. The average molecular weight is 398 g/mol. The number of hydrogen-bond donors (Lipinski definition) is 0. The van der Waals surface area contributed by atoms with Crippen molar-refractivity contribution < 1.29 is 9.15 Å². The van der Waals surface area contributed by atoms with E-state index in [0.29, 0.717) is 13.2 Å². The minimum Gasteiger partial charge on any atom is -0.468 e. The van der Waals surface area contributed by atoms with Gasteiger partial charge in [0.2, 0.25) is 0 Å². The molecule has 28 heavy (non-hydrogen) atoms. The van der Waals surface area contributed by atoms with Crippen LogP contribution in [0.5, 0.6) is 0 Å². The molecule has 0 unspecified atom stereocenters. The molecule has 2 aromatic heterocycles. The van der Waals surface area contributed by atoms with E-state index in [9.17, 15) is 0 Å². The normalized spacial score (nSPS) is 12.5. The van der Waals surface area contributed by atoms with E-state index in [4.69, 9.17) is 9.15 Å². The molecule has 0 bridgehead atoms. The summed E-state index contributed by atoms with van der Waals surface area (Å²) in [4.78, 5) is 2.25. The molecule has 0 fully saturated rings. The van der Waals surface area contributed by atoms with E-state index < -0.39 is 0 Å². The summed E-state index contributed by atoms with van der Waals surface area (Å²) in [5, 5.41) is 4.20. The maximum absolute atomic E-state index is 5.85. The number of rotatable bonds is 9. The Kier molecular flexibility index (Phi) is 9.30. The summed E-state index contributed by atoms with van der Waals surface area (Å²) >= 11 is 1.70. The van der Waals surface area contributed by atoms with Crippen molar-refractivity contribution in [3.63, 3.8) is 0 Å². The molecule has 150 valence electrons. The Balaban J connectivity index is 1.84. The van der Waals surface area contributed by atoms with Crippen LogP contribution in [0.1, 0.15) is 39.0 Å². The molecule has 0 N–H and O–H groups in total. The molecular formula is C24H31NO2S.